The Balaban J connectivity index is 1.94. The Morgan fingerprint density at radius 1 is 1.29 bits per heavy atom. The summed E-state index contributed by atoms with van der Waals surface area (Å²) in [5, 5.41) is 2.63. The molecule has 1 fully saturated rings. The van der Waals surface area contributed by atoms with Gasteiger partial charge in [0.25, 0.3) is 5.91 Å². The van der Waals surface area contributed by atoms with Crippen molar-refractivity contribution in [3.63, 3.8) is 0 Å². The summed E-state index contributed by atoms with van der Waals surface area (Å²) < 4.78 is 5.35. The van der Waals surface area contributed by atoms with Crippen LogP contribution in [0.25, 0.3) is 0 Å². The molecule has 0 aliphatic carbocycles. The van der Waals surface area contributed by atoms with Gasteiger partial charge in [0.15, 0.2) is 0 Å². The van der Waals surface area contributed by atoms with Crippen molar-refractivity contribution >= 4 is 17.5 Å². The van der Waals surface area contributed by atoms with Crippen LogP contribution in [0.1, 0.15) is 30.1 Å². The third kappa shape index (κ3) is 4.11. The summed E-state index contributed by atoms with van der Waals surface area (Å²) in [6.07, 6.45) is 2.07. The smallest absolute Gasteiger partial charge is 0.251 e. The number of nitrogen functional groups attached to an aromatic ring is 1. The Bertz CT molecular complexity index is 525. The molecular formula is C15H21N3O3. The van der Waals surface area contributed by atoms with Crippen LogP contribution in [0.15, 0.2) is 18.2 Å². The summed E-state index contributed by atoms with van der Waals surface area (Å²) in [4.78, 5) is 25.7. The summed E-state index contributed by atoms with van der Waals surface area (Å²) in [5.41, 5.74) is 6.60. The largest absolute Gasteiger partial charge is 0.494 e. The number of hydrogen-bond acceptors (Lipinski definition) is 4. The van der Waals surface area contributed by atoms with E-state index in [0.29, 0.717) is 23.6 Å². The number of nitrogens with one attached hydrogen (secondary N) is 1. The number of carbonyl (C=O) groups excluding carboxylic acids is 2. The topological polar surface area (TPSA) is 84.7 Å². The van der Waals surface area contributed by atoms with E-state index in [1.54, 1.807) is 23.1 Å². The Hall–Kier alpha value is -2.24. The van der Waals surface area contributed by atoms with E-state index in [-0.39, 0.29) is 18.4 Å². The van der Waals surface area contributed by atoms with Gasteiger partial charge in [0.2, 0.25) is 5.91 Å². The van der Waals surface area contributed by atoms with Gasteiger partial charge in [-0.05, 0) is 31.9 Å². The average Bonchev–Trinajstić information content (AvgIpc) is 2.98. The molecule has 0 atom stereocenters. The predicted molar refractivity (Wildman–Crippen MR) is 80.2 cm³/mol. The third-order valence-electron chi connectivity index (χ3n) is 3.36. The van der Waals surface area contributed by atoms with Gasteiger partial charge in [0.1, 0.15) is 5.75 Å². The highest BCUT2D eigenvalue weighted by Crippen LogP contribution is 2.19. The first-order valence-corrected chi connectivity index (χ1v) is 7.19. The standard InChI is InChI=1S/C15H21N3O3/c1-2-21-13-8-11(7-12(16)9-13)15(20)17-10-14(19)18-5-3-4-6-18/h7-9H,2-6,10,16H2,1H3,(H,17,20). The number of amides is 2. The summed E-state index contributed by atoms with van der Waals surface area (Å²) in [6, 6.07) is 4.85. The van der Waals surface area contributed by atoms with Crippen LogP contribution in [-0.4, -0.2) is 43.0 Å². The molecule has 0 radical (unpaired) electrons. The zero-order valence-electron chi connectivity index (χ0n) is 12.2. The lowest BCUT2D eigenvalue weighted by molar-refractivity contribution is -0.129. The second kappa shape index (κ2) is 6.97. The highest BCUT2D eigenvalue weighted by molar-refractivity contribution is 5.97. The van der Waals surface area contributed by atoms with Crippen molar-refractivity contribution in [3.05, 3.63) is 23.8 Å². The number of nitrogens with zero attached hydrogens (tertiary/aromatic N) is 1. The van der Waals surface area contributed by atoms with Crippen LogP contribution in [-0.2, 0) is 4.79 Å². The molecular weight excluding hydrogens is 270 g/mol. The fraction of sp³-hybridized carbons (Fsp3) is 0.467. The molecule has 6 nitrogen and oxygen atoms in total. The fourth-order valence-corrected chi connectivity index (χ4v) is 2.34. The molecule has 2 amide bonds. The first-order chi connectivity index (χ1) is 10.1. The van der Waals surface area contributed by atoms with E-state index in [0.717, 1.165) is 25.9 Å². The molecule has 1 saturated heterocycles. The minimum atomic E-state index is -0.323. The minimum Gasteiger partial charge on any atom is -0.494 e. The first kappa shape index (κ1) is 15.2. The summed E-state index contributed by atoms with van der Waals surface area (Å²) in [6.45, 7) is 3.93. The third-order valence-corrected chi connectivity index (χ3v) is 3.36. The van der Waals surface area contributed by atoms with Gasteiger partial charge in [-0.15, -0.1) is 0 Å². The molecule has 2 rings (SSSR count). The van der Waals surface area contributed by atoms with Gasteiger partial charge in [-0.1, -0.05) is 0 Å². The summed E-state index contributed by atoms with van der Waals surface area (Å²) >= 11 is 0. The van der Waals surface area contributed by atoms with E-state index >= 15 is 0 Å². The van der Waals surface area contributed by atoms with Crippen LogP contribution in [0, 0.1) is 0 Å². The van der Waals surface area contributed by atoms with Gasteiger partial charge in [0.05, 0.1) is 13.2 Å². The Labute approximate surface area is 124 Å². The lowest BCUT2D eigenvalue weighted by atomic mass is 10.1. The molecule has 0 saturated carbocycles. The number of ether oxygens (including phenoxy) is 1. The Morgan fingerprint density at radius 2 is 2.00 bits per heavy atom. The lowest BCUT2D eigenvalue weighted by Gasteiger charge is -2.15. The van der Waals surface area contributed by atoms with Crippen LogP contribution in [0.4, 0.5) is 5.69 Å². The normalized spacial score (nSPS) is 14.0. The van der Waals surface area contributed by atoms with Gasteiger partial charge in [-0.3, -0.25) is 9.59 Å². The van der Waals surface area contributed by atoms with Crippen LogP contribution in [0.3, 0.4) is 0 Å². The molecule has 0 unspecified atom stereocenters. The Morgan fingerprint density at radius 3 is 2.67 bits per heavy atom. The van der Waals surface area contributed by atoms with Gasteiger partial charge >= 0.3 is 0 Å². The number of nitrogens with two attached hydrogens (primary N) is 1. The maximum Gasteiger partial charge on any atom is 0.251 e. The van der Waals surface area contributed by atoms with Gasteiger partial charge in [0, 0.05) is 30.4 Å². The van der Waals surface area contributed by atoms with E-state index in [4.69, 9.17) is 10.5 Å². The zero-order chi connectivity index (χ0) is 15.2. The number of carbonyl (C=O) groups is 2. The van der Waals surface area contributed by atoms with Crippen LogP contribution < -0.4 is 15.8 Å². The molecule has 6 heteroatoms. The molecule has 114 valence electrons. The highest BCUT2D eigenvalue weighted by atomic mass is 16.5. The molecule has 1 aliphatic heterocycles. The van der Waals surface area contributed by atoms with Crippen molar-refractivity contribution in [1.29, 1.82) is 0 Å². The summed E-state index contributed by atoms with van der Waals surface area (Å²) in [7, 11) is 0. The maximum atomic E-state index is 12.1. The van der Waals surface area contributed by atoms with Crippen molar-refractivity contribution in [2.45, 2.75) is 19.8 Å². The van der Waals surface area contributed by atoms with E-state index in [2.05, 4.69) is 5.32 Å². The molecule has 1 aliphatic rings. The van der Waals surface area contributed by atoms with Crippen molar-refractivity contribution < 1.29 is 14.3 Å². The number of rotatable bonds is 5. The SMILES string of the molecule is CCOc1cc(N)cc(C(=O)NCC(=O)N2CCCC2)c1. The second-order valence-electron chi connectivity index (χ2n) is 4.99. The molecule has 1 aromatic rings. The first-order valence-electron chi connectivity index (χ1n) is 7.19. The summed E-state index contributed by atoms with van der Waals surface area (Å²) in [5.74, 6) is 0.180. The lowest BCUT2D eigenvalue weighted by Crippen LogP contribution is -2.38. The van der Waals surface area contributed by atoms with Crippen molar-refractivity contribution in [2.75, 3.05) is 32.0 Å². The van der Waals surface area contributed by atoms with Crippen molar-refractivity contribution in [3.8, 4) is 5.75 Å². The molecule has 0 spiro atoms. The van der Waals surface area contributed by atoms with E-state index in [1.807, 2.05) is 6.92 Å². The second-order valence-corrected chi connectivity index (χ2v) is 4.99. The molecule has 0 bridgehead atoms. The zero-order valence-corrected chi connectivity index (χ0v) is 12.2. The van der Waals surface area contributed by atoms with Gasteiger partial charge < -0.3 is 20.7 Å². The quantitative estimate of drug-likeness (QED) is 0.793. The monoisotopic (exact) mass is 291 g/mol. The minimum absolute atomic E-state index is 0.0115. The van der Waals surface area contributed by atoms with Crippen LogP contribution in [0.5, 0.6) is 5.75 Å². The molecule has 21 heavy (non-hydrogen) atoms. The molecule has 0 aromatic heterocycles. The fourth-order valence-electron chi connectivity index (χ4n) is 2.34. The van der Waals surface area contributed by atoms with Crippen LogP contribution >= 0.6 is 0 Å². The molecule has 3 N–H and O–H groups in total. The predicted octanol–water partition coefficient (Wildman–Crippen LogP) is 1.02. The van der Waals surface area contributed by atoms with E-state index in [1.165, 1.54) is 0 Å². The molecule has 1 aromatic carbocycles. The van der Waals surface area contributed by atoms with Crippen molar-refractivity contribution in [2.24, 2.45) is 0 Å². The maximum absolute atomic E-state index is 12.1. The van der Waals surface area contributed by atoms with Crippen LogP contribution in [0.2, 0.25) is 0 Å². The number of benzene rings is 1. The average molecular weight is 291 g/mol. The van der Waals surface area contributed by atoms with Crippen molar-refractivity contribution in [1.82, 2.24) is 10.2 Å². The van der Waals surface area contributed by atoms with Gasteiger partial charge in [-0.2, -0.15) is 0 Å². The number of hydrogen-bond donors (Lipinski definition) is 2. The van der Waals surface area contributed by atoms with E-state index in [9.17, 15) is 9.59 Å². The highest BCUT2D eigenvalue weighted by Gasteiger charge is 2.18. The Kier molecular flexibility index (Phi) is 5.03. The van der Waals surface area contributed by atoms with E-state index < -0.39 is 0 Å². The number of anilines is 1. The van der Waals surface area contributed by atoms with Gasteiger partial charge in [-0.25, -0.2) is 0 Å². The number of likely N-dealkylation sites (tertiary alicyclic amines) is 1. The molecule has 1 heterocycles.